The molecule has 0 aromatic heterocycles. The van der Waals surface area contributed by atoms with Gasteiger partial charge in [0.05, 0.1) is 0 Å². The van der Waals surface area contributed by atoms with Crippen molar-refractivity contribution in [2.45, 2.75) is 26.2 Å². The number of unbranched alkanes of at least 4 members (excludes halogenated alkanes) is 2. The molecule has 0 aliphatic carbocycles. The van der Waals surface area contributed by atoms with E-state index in [0.29, 0.717) is 6.54 Å². The van der Waals surface area contributed by atoms with E-state index < -0.39 is 10.2 Å². The molecule has 0 aromatic carbocycles. The number of hydrogen-bond donors (Lipinski definition) is 0. The highest BCUT2D eigenvalue weighted by Gasteiger charge is 2.19. The highest BCUT2D eigenvalue weighted by molar-refractivity contribution is 7.86. The van der Waals surface area contributed by atoms with Crippen LogP contribution < -0.4 is 0 Å². The van der Waals surface area contributed by atoms with E-state index in [-0.39, 0.29) is 0 Å². The maximum Gasteiger partial charge on any atom is 0.281 e. The van der Waals surface area contributed by atoms with Gasteiger partial charge in [0.15, 0.2) is 0 Å². The summed E-state index contributed by atoms with van der Waals surface area (Å²) in [5.41, 5.74) is 0. The normalized spacial score (nSPS) is 12.8. The molecule has 80 valence electrons. The van der Waals surface area contributed by atoms with E-state index in [1.165, 1.54) is 8.61 Å². The van der Waals surface area contributed by atoms with Gasteiger partial charge in [-0.15, -0.1) is 0 Å². The van der Waals surface area contributed by atoms with Crippen LogP contribution in [0.5, 0.6) is 0 Å². The lowest BCUT2D eigenvalue weighted by molar-refractivity contribution is 0.409. The quantitative estimate of drug-likeness (QED) is 0.609. The Labute approximate surface area is 81.7 Å². The van der Waals surface area contributed by atoms with E-state index in [2.05, 4.69) is 6.92 Å². The van der Waals surface area contributed by atoms with Crippen LogP contribution in [0.25, 0.3) is 0 Å². The Balaban J connectivity index is 4.03. The summed E-state index contributed by atoms with van der Waals surface area (Å²) < 4.78 is 25.6. The molecule has 0 aliphatic rings. The van der Waals surface area contributed by atoms with Crippen molar-refractivity contribution >= 4 is 10.2 Å². The number of rotatable bonds is 6. The topological polar surface area (TPSA) is 40.6 Å². The van der Waals surface area contributed by atoms with Gasteiger partial charge in [0.1, 0.15) is 0 Å². The fourth-order valence-electron chi connectivity index (χ4n) is 0.979. The molecule has 0 heterocycles. The van der Waals surface area contributed by atoms with Gasteiger partial charge in [0.2, 0.25) is 0 Å². The molecule has 0 amide bonds. The van der Waals surface area contributed by atoms with Crippen molar-refractivity contribution in [3.63, 3.8) is 0 Å². The van der Waals surface area contributed by atoms with Gasteiger partial charge in [-0.1, -0.05) is 19.8 Å². The predicted molar refractivity (Wildman–Crippen MR) is 54.8 cm³/mol. The summed E-state index contributed by atoms with van der Waals surface area (Å²) in [7, 11) is 1.52. The van der Waals surface area contributed by atoms with Gasteiger partial charge in [0, 0.05) is 27.7 Å². The van der Waals surface area contributed by atoms with Crippen LogP contribution in [0.4, 0.5) is 0 Å². The average molecular weight is 208 g/mol. The highest BCUT2D eigenvalue weighted by atomic mass is 32.2. The second kappa shape index (κ2) is 5.57. The summed E-state index contributed by atoms with van der Waals surface area (Å²) >= 11 is 0. The van der Waals surface area contributed by atoms with E-state index in [0.717, 1.165) is 19.3 Å². The molecular formula is C8H20N2O2S. The van der Waals surface area contributed by atoms with E-state index in [1.807, 2.05) is 0 Å². The van der Waals surface area contributed by atoms with Gasteiger partial charge in [-0.3, -0.25) is 0 Å². The summed E-state index contributed by atoms with van der Waals surface area (Å²) in [4.78, 5) is 0. The zero-order valence-electron chi connectivity index (χ0n) is 8.95. The summed E-state index contributed by atoms with van der Waals surface area (Å²) in [6, 6.07) is 0. The molecule has 0 atom stereocenters. The Morgan fingerprint density at radius 1 is 1.08 bits per heavy atom. The Morgan fingerprint density at radius 3 is 2.00 bits per heavy atom. The third-order valence-corrected chi connectivity index (χ3v) is 3.83. The SMILES string of the molecule is CCCCCN(C)S(=O)(=O)N(C)C. The maximum atomic E-state index is 11.5. The first-order valence-corrected chi connectivity index (χ1v) is 5.96. The smallest absolute Gasteiger partial charge is 0.195 e. The Bertz CT molecular complexity index is 224. The van der Waals surface area contributed by atoms with Crippen LogP contribution in [0.15, 0.2) is 0 Å². The molecule has 4 nitrogen and oxygen atoms in total. The zero-order chi connectivity index (χ0) is 10.5. The van der Waals surface area contributed by atoms with Crippen LogP contribution in [0.1, 0.15) is 26.2 Å². The maximum absolute atomic E-state index is 11.5. The van der Waals surface area contributed by atoms with Gasteiger partial charge < -0.3 is 0 Å². The van der Waals surface area contributed by atoms with Crippen LogP contribution in [0.3, 0.4) is 0 Å². The second-order valence-electron chi connectivity index (χ2n) is 3.32. The van der Waals surface area contributed by atoms with Crippen LogP contribution in [0.2, 0.25) is 0 Å². The van der Waals surface area contributed by atoms with Crippen LogP contribution >= 0.6 is 0 Å². The van der Waals surface area contributed by atoms with Crippen LogP contribution in [0, 0.1) is 0 Å². The minimum Gasteiger partial charge on any atom is -0.195 e. The molecule has 0 unspecified atom stereocenters. The van der Waals surface area contributed by atoms with Crippen molar-refractivity contribution in [3.05, 3.63) is 0 Å². The van der Waals surface area contributed by atoms with E-state index >= 15 is 0 Å². The molecule has 0 saturated carbocycles. The lowest BCUT2D eigenvalue weighted by atomic mass is 10.2. The fraction of sp³-hybridized carbons (Fsp3) is 1.00. The first-order valence-electron chi connectivity index (χ1n) is 4.56. The van der Waals surface area contributed by atoms with Crippen molar-refractivity contribution in [3.8, 4) is 0 Å². The molecule has 0 bridgehead atoms. The minimum absolute atomic E-state index is 0.606. The van der Waals surface area contributed by atoms with E-state index in [9.17, 15) is 8.42 Å². The molecule has 0 aromatic rings. The van der Waals surface area contributed by atoms with E-state index in [4.69, 9.17) is 0 Å². The number of nitrogens with zero attached hydrogens (tertiary/aromatic N) is 2. The molecule has 0 rings (SSSR count). The molecular weight excluding hydrogens is 188 g/mol. The van der Waals surface area contributed by atoms with E-state index in [1.54, 1.807) is 21.1 Å². The van der Waals surface area contributed by atoms with Crippen LogP contribution in [-0.2, 0) is 10.2 Å². The minimum atomic E-state index is -3.19. The zero-order valence-corrected chi connectivity index (χ0v) is 9.76. The van der Waals surface area contributed by atoms with Gasteiger partial charge >= 0.3 is 0 Å². The van der Waals surface area contributed by atoms with Gasteiger partial charge in [-0.05, 0) is 6.42 Å². The monoisotopic (exact) mass is 208 g/mol. The van der Waals surface area contributed by atoms with Crippen LogP contribution in [-0.4, -0.2) is 44.7 Å². The van der Waals surface area contributed by atoms with Crippen molar-refractivity contribution in [1.29, 1.82) is 0 Å². The summed E-state index contributed by atoms with van der Waals surface area (Å²) in [6.45, 7) is 2.70. The molecule has 0 fully saturated rings. The summed E-state index contributed by atoms with van der Waals surface area (Å²) in [6.07, 6.45) is 3.11. The second-order valence-corrected chi connectivity index (χ2v) is 5.57. The Kier molecular flexibility index (Phi) is 5.51. The van der Waals surface area contributed by atoms with Crippen molar-refractivity contribution in [2.75, 3.05) is 27.7 Å². The molecule has 0 N–H and O–H groups in total. The number of hydrogen-bond acceptors (Lipinski definition) is 2. The third-order valence-electron chi connectivity index (χ3n) is 1.93. The lowest BCUT2D eigenvalue weighted by Gasteiger charge is -2.20. The van der Waals surface area contributed by atoms with Crippen molar-refractivity contribution in [2.24, 2.45) is 0 Å². The third kappa shape index (κ3) is 4.06. The standard InChI is InChI=1S/C8H20N2O2S/c1-5-6-7-8-10(4)13(11,12)9(2)3/h5-8H2,1-4H3. The van der Waals surface area contributed by atoms with Gasteiger partial charge in [-0.2, -0.15) is 17.0 Å². The Hall–Kier alpha value is -0.130. The molecule has 5 heteroatoms. The summed E-state index contributed by atoms with van der Waals surface area (Å²) in [5.74, 6) is 0. The molecule has 0 spiro atoms. The first kappa shape index (κ1) is 12.9. The molecule has 0 aliphatic heterocycles. The van der Waals surface area contributed by atoms with Crippen molar-refractivity contribution < 1.29 is 8.42 Å². The van der Waals surface area contributed by atoms with Gasteiger partial charge in [0.25, 0.3) is 10.2 Å². The average Bonchev–Trinajstić information content (AvgIpc) is 2.04. The summed E-state index contributed by atoms with van der Waals surface area (Å²) in [5, 5.41) is 0. The first-order chi connectivity index (χ1) is 5.92. The van der Waals surface area contributed by atoms with Crippen molar-refractivity contribution in [1.82, 2.24) is 8.61 Å². The molecule has 0 radical (unpaired) electrons. The largest absolute Gasteiger partial charge is 0.281 e. The lowest BCUT2D eigenvalue weighted by Crippen LogP contribution is -2.37. The fourth-order valence-corrected chi connectivity index (χ4v) is 1.90. The Morgan fingerprint density at radius 2 is 1.62 bits per heavy atom. The molecule has 13 heavy (non-hydrogen) atoms. The molecule has 0 saturated heterocycles. The van der Waals surface area contributed by atoms with Gasteiger partial charge in [-0.25, -0.2) is 0 Å². The highest BCUT2D eigenvalue weighted by Crippen LogP contribution is 2.03. The predicted octanol–water partition coefficient (Wildman–Crippen LogP) is 0.915.